The van der Waals surface area contributed by atoms with Crippen molar-refractivity contribution in [3.05, 3.63) is 60.2 Å². The van der Waals surface area contributed by atoms with Gasteiger partial charge in [0.1, 0.15) is 0 Å². The van der Waals surface area contributed by atoms with Gasteiger partial charge < -0.3 is 5.11 Å². The Hall–Kier alpha value is -2.34. The molecule has 0 fully saturated rings. The van der Waals surface area contributed by atoms with Gasteiger partial charge in [0.2, 0.25) is 0 Å². The van der Waals surface area contributed by atoms with Crippen molar-refractivity contribution in [2.75, 3.05) is 4.31 Å². The van der Waals surface area contributed by atoms with Crippen LogP contribution in [0.15, 0.2) is 59.5 Å². The number of rotatable bonds is 6. The molecule has 0 bridgehead atoms. The highest BCUT2D eigenvalue weighted by Crippen LogP contribution is 2.27. The molecule has 6 heteroatoms. The van der Waals surface area contributed by atoms with Gasteiger partial charge in [-0.1, -0.05) is 35.9 Å². The van der Waals surface area contributed by atoms with Crippen LogP contribution in [0.1, 0.15) is 18.9 Å². The number of para-hydroxylation sites is 1. The van der Waals surface area contributed by atoms with E-state index in [1.807, 2.05) is 6.92 Å². The summed E-state index contributed by atoms with van der Waals surface area (Å²) in [7, 11) is -3.85. The summed E-state index contributed by atoms with van der Waals surface area (Å²) in [5, 5.41) is 9.03. The Morgan fingerprint density at radius 2 is 1.65 bits per heavy atom. The SMILES string of the molecule is Cc1ccc(S(=O)(=O)N(c2ccccc2)[C@@H](C)CC(=O)O)cc1. The van der Waals surface area contributed by atoms with Gasteiger partial charge >= 0.3 is 5.97 Å². The van der Waals surface area contributed by atoms with Crippen LogP contribution in [0.4, 0.5) is 5.69 Å². The van der Waals surface area contributed by atoms with Gasteiger partial charge in [-0.2, -0.15) is 0 Å². The van der Waals surface area contributed by atoms with Crippen LogP contribution in [0.2, 0.25) is 0 Å². The lowest BCUT2D eigenvalue weighted by Crippen LogP contribution is -2.40. The lowest BCUT2D eigenvalue weighted by Gasteiger charge is -2.29. The predicted molar refractivity (Wildman–Crippen MR) is 89.0 cm³/mol. The van der Waals surface area contributed by atoms with Crippen molar-refractivity contribution in [3.8, 4) is 0 Å². The molecule has 0 radical (unpaired) electrons. The van der Waals surface area contributed by atoms with Crippen LogP contribution < -0.4 is 4.31 Å². The van der Waals surface area contributed by atoms with E-state index in [9.17, 15) is 13.2 Å². The van der Waals surface area contributed by atoms with Crippen LogP contribution in [0, 0.1) is 6.92 Å². The van der Waals surface area contributed by atoms with Crippen molar-refractivity contribution in [1.29, 1.82) is 0 Å². The van der Waals surface area contributed by atoms with Crippen LogP contribution in [-0.4, -0.2) is 25.5 Å². The molecule has 2 aromatic carbocycles. The van der Waals surface area contributed by atoms with Gasteiger partial charge in [-0.3, -0.25) is 9.10 Å². The summed E-state index contributed by atoms with van der Waals surface area (Å²) in [5.74, 6) is -1.04. The van der Waals surface area contributed by atoms with E-state index >= 15 is 0 Å². The van der Waals surface area contributed by atoms with Gasteiger partial charge in [-0.15, -0.1) is 0 Å². The Bertz CT molecular complexity index is 770. The number of nitrogens with zero attached hydrogens (tertiary/aromatic N) is 1. The largest absolute Gasteiger partial charge is 0.481 e. The van der Waals surface area contributed by atoms with Crippen LogP contribution in [0.3, 0.4) is 0 Å². The maximum absolute atomic E-state index is 13.0. The van der Waals surface area contributed by atoms with Crippen molar-refractivity contribution >= 4 is 21.7 Å². The number of aryl methyl sites for hydroxylation is 1. The van der Waals surface area contributed by atoms with Crippen LogP contribution in [0.25, 0.3) is 0 Å². The molecule has 0 saturated carbocycles. The molecule has 0 amide bonds. The van der Waals surface area contributed by atoms with Gasteiger partial charge in [0.05, 0.1) is 23.0 Å². The van der Waals surface area contributed by atoms with Crippen molar-refractivity contribution in [2.24, 2.45) is 0 Å². The van der Waals surface area contributed by atoms with Crippen LogP contribution >= 0.6 is 0 Å². The average molecular weight is 333 g/mol. The van der Waals surface area contributed by atoms with E-state index < -0.39 is 22.0 Å². The van der Waals surface area contributed by atoms with E-state index in [0.29, 0.717) is 5.69 Å². The third-order valence-electron chi connectivity index (χ3n) is 3.46. The maximum Gasteiger partial charge on any atom is 0.305 e. The standard InChI is InChI=1S/C17H19NO4S/c1-13-8-10-16(11-9-13)23(21,22)18(14(2)12-17(19)20)15-6-4-3-5-7-15/h3-11,14H,12H2,1-2H3,(H,19,20)/t14-/m0/s1. The monoisotopic (exact) mass is 333 g/mol. The Kier molecular flexibility index (Phi) is 5.05. The van der Waals surface area contributed by atoms with E-state index in [1.54, 1.807) is 49.4 Å². The molecule has 0 heterocycles. The number of carboxylic acid groups (broad SMARTS) is 1. The summed E-state index contributed by atoms with van der Waals surface area (Å²) in [6.45, 7) is 3.46. The van der Waals surface area contributed by atoms with E-state index in [0.717, 1.165) is 5.56 Å². The van der Waals surface area contributed by atoms with Gasteiger partial charge in [0.15, 0.2) is 0 Å². The fraction of sp³-hybridized carbons (Fsp3) is 0.235. The first kappa shape index (κ1) is 17.0. The zero-order valence-corrected chi connectivity index (χ0v) is 13.8. The number of anilines is 1. The van der Waals surface area contributed by atoms with Crippen molar-refractivity contribution in [3.63, 3.8) is 0 Å². The molecule has 0 unspecified atom stereocenters. The molecule has 0 aliphatic rings. The molecule has 1 atom stereocenters. The Morgan fingerprint density at radius 3 is 2.17 bits per heavy atom. The Labute approximate surface area is 136 Å². The Morgan fingerprint density at radius 1 is 1.09 bits per heavy atom. The average Bonchev–Trinajstić information content (AvgIpc) is 2.47. The van der Waals surface area contributed by atoms with Crippen molar-refractivity contribution < 1.29 is 18.3 Å². The molecule has 122 valence electrons. The molecular formula is C17H19NO4S. The summed E-state index contributed by atoms with van der Waals surface area (Å²) in [6, 6.07) is 14.3. The van der Waals surface area contributed by atoms with E-state index in [2.05, 4.69) is 0 Å². The molecule has 0 aliphatic heterocycles. The summed E-state index contributed by atoms with van der Waals surface area (Å²) < 4.78 is 27.2. The van der Waals surface area contributed by atoms with Crippen LogP contribution in [-0.2, 0) is 14.8 Å². The highest BCUT2D eigenvalue weighted by molar-refractivity contribution is 7.92. The first-order valence-corrected chi connectivity index (χ1v) is 8.64. The minimum absolute atomic E-state index is 0.143. The molecule has 2 aromatic rings. The summed E-state index contributed by atoms with van der Waals surface area (Å²) in [6.07, 6.45) is -0.278. The van der Waals surface area contributed by atoms with Crippen molar-refractivity contribution in [1.82, 2.24) is 0 Å². The zero-order chi connectivity index (χ0) is 17.0. The van der Waals surface area contributed by atoms with Gasteiger partial charge in [0.25, 0.3) is 10.0 Å². The lowest BCUT2D eigenvalue weighted by molar-refractivity contribution is -0.137. The normalized spacial score (nSPS) is 12.6. The maximum atomic E-state index is 13.0. The minimum atomic E-state index is -3.85. The molecule has 0 aromatic heterocycles. The lowest BCUT2D eigenvalue weighted by atomic mass is 10.2. The first-order chi connectivity index (χ1) is 10.8. The quantitative estimate of drug-likeness (QED) is 0.881. The minimum Gasteiger partial charge on any atom is -0.481 e. The number of benzene rings is 2. The molecule has 0 aliphatic carbocycles. The summed E-state index contributed by atoms with van der Waals surface area (Å²) in [5.41, 5.74) is 1.40. The third-order valence-corrected chi connectivity index (χ3v) is 5.42. The zero-order valence-electron chi connectivity index (χ0n) is 13.0. The van der Waals surface area contributed by atoms with Gasteiger partial charge in [-0.25, -0.2) is 8.42 Å². The molecule has 5 nitrogen and oxygen atoms in total. The second-order valence-corrected chi connectivity index (χ2v) is 7.21. The molecule has 0 saturated heterocycles. The van der Waals surface area contributed by atoms with E-state index in [1.165, 1.54) is 16.4 Å². The van der Waals surface area contributed by atoms with Gasteiger partial charge in [-0.05, 0) is 38.1 Å². The topological polar surface area (TPSA) is 74.7 Å². The number of aliphatic carboxylic acids is 1. The van der Waals surface area contributed by atoms with Gasteiger partial charge in [0, 0.05) is 0 Å². The third kappa shape index (κ3) is 3.90. The summed E-state index contributed by atoms with van der Waals surface area (Å²) in [4.78, 5) is 11.2. The predicted octanol–water partition coefficient (Wildman–Crippen LogP) is 3.05. The second kappa shape index (κ2) is 6.83. The smallest absolute Gasteiger partial charge is 0.305 e. The van der Waals surface area contributed by atoms with Crippen LogP contribution in [0.5, 0.6) is 0 Å². The fourth-order valence-corrected chi connectivity index (χ4v) is 4.02. The number of hydrogen-bond donors (Lipinski definition) is 1. The highest BCUT2D eigenvalue weighted by atomic mass is 32.2. The number of carbonyl (C=O) groups is 1. The Balaban J connectivity index is 2.52. The molecule has 2 rings (SSSR count). The fourth-order valence-electron chi connectivity index (χ4n) is 2.36. The highest BCUT2D eigenvalue weighted by Gasteiger charge is 2.30. The van der Waals surface area contributed by atoms with E-state index in [-0.39, 0.29) is 11.3 Å². The molecular weight excluding hydrogens is 314 g/mol. The number of hydrogen-bond acceptors (Lipinski definition) is 3. The molecule has 0 spiro atoms. The second-order valence-electron chi connectivity index (χ2n) is 5.40. The first-order valence-electron chi connectivity index (χ1n) is 7.20. The molecule has 23 heavy (non-hydrogen) atoms. The van der Waals surface area contributed by atoms with Crippen molar-refractivity contribution in [2.45, 2.75) is 31.2 Å². The number of sulfonamides is 1. The summed E-state index contributed by atoms with van der Waals surface area (Å²) >= 11 is 0. The molecule has 1 N–H and O–H groups in total. The van der Waals surface area contributed by atoms with E-state index in [4.69, 9.17) is 5.11 Å². The number of carboxylic acids is 1.